The third-order valence-electron chi connectivity index (χ3n) is 8.17. The third kappa shape index (κ3) is 4.00. The van der Waals surface area contributed by atoms with Crippen molar-refractivity contribution >= 4 is 17.6 Å². The number of nitrogen functional groups attached to an aromatic ring is 1. The molecule has 4 N–H and O–H groups in total. The SMILES string of the molecule is CN1CC2CNC(c3ccc(Nc4nc(N)n(-c5cc6c(nn5)-c5ccccc5CCC6)n4)cc3F)C2C1. The minimum Gasteiger partial charge on any atom is -0.368 e. The molecular formula is C28H30FN9. The van der Waals surface area contributed by atoms with E-state index in [0.29, 0.717) is 28.9 Å². The molecule has 2 aromatic carbocycles. The van der Waals surface area contributed by atoms with Crippen LogP contribution in [-0.2, 0) is 12.8 Å². The van der Waals surface area contributed by atoms with E-state index in [-0.39, 0.29) is 23.8 Å². The summed E-state index contributed by atoms with van der Waals surface area (Å²) in [5.41, 5.74) is 11.9. The van der Waals surface area contributed by atoms with E-state index in [1.54, 1.807) is 0 Å². The Balaban J connectivity index is 1.12. The first-order valence-electron chi connectivity index (χ1n) is 13.2. The third-order valence-corrected chi connectivity index (χ3v) is 8.17. The molecule has 2 aromatic heterocycles. The first kappa shape index (κ1) is 23.2. The highest BCUT2D eigenvalue weighted by molar-refractivity contribution is 5.68. The highest BCUT2D eigenvalue weighted by Gasteiger charge is 2.42. The second-order valence-electron chi connectivity index (χ2n) is 10.7. The second-order valence-corrected chi connectivity index (χ2v) is 10.7. The number of hydrogen-bond acceptors (Lipinski definition) is 8. The fraction of sp³-hybridized carbons (Fsp3) is 0.357. The van der Waals surface area contributed by atoms with Crippen LogP contribution in [0.5, 0.6) is 0 Å². The van der Waals surface area contributed by atoms with Crippen molar-refractivity contribution in [2.24, 2.45) is 11.8 Å². The van der Waals surface area contributed by atoms with Crippen LogP contribution >= 0.6 is 0 Å². The lowest BCUT2D eigenvalue weighted by Crippen LogP contribution is -2.25. The molecule has 3 atom stereocenters. The number of hydrogen-bond donors (Lipinski definition) is 3. The number of anilines is 3. The summed E-state index contributed by atoms with van der Waals surface area (Å²) in [5.74, 6) is 1.72. The van der Waals surface area contributed by atoms with Gasteiger partial charge in [-0.25, -0.2) is 4.39 Å². The molecule has 0 amide bonds. The van der Waals surface area contributed by atoms with E-state index in [9.17, 15) is 0 Å². The Bertz CT molecular complexity index is 1520. The first-order chi connectivity index (χ1) is 18.5. The average Bonchev–Trinajstić information content (AvgIpc) is 3.54. The van der Waals surface area contributed by atoms with Crippen molar-refractivity contribution < 1.29 is 4.39 Å². The monoisotopic (exact) mass is 511 g/mol. The van der Waals surface area contributed by atoms with E-state index < -0.39 is 0 Å². The minimum atomic E-state index is -0.244. The number of nitrogens with two attached hydrogens (primary N) is 1. The molecule has 2 aliphatic heterocycles. The molecule has 0 bridgehead atoms. The average molecular weight is 512 g/mol. The van der Waals surface area contributed by atoms with Crippen molar-refractivity contribution in [2.45, 2.75) is 25.3 Å². The smallest absolute Gasteiger partial charge is 0.248 e. The lowest BCUT2D eigenvalue weighted by molar-refractivity contribution is 0.356. The summed E-state index contributed by atoms with van der Waals surface area (Å²) in [6.07, 6.45) is 2.93. The molecule has 4 aromatic rings. The van der Waals surface area contributed by atoms with Gasteiger partial charge in [0.25, 0.3) is 0 Å². The second kappa shape index (κ2) is 9.14. The van der Waals surface area contributed by atoms with Crippen molar-refractivity contribution in [3.8, 4) is 17.1 Å². The zero-order valence-corrected chi connectivity index (χ0v) is 21.2. The lowest BCUT2D eigenvalue weighted by Gasteiger charge is -2.20. The maximum Gasteiger partial charge on any atom is 0.248 e. The molecule has 0 saturated carbocycles. The van der Waals surface area contributed by atoms with Crippen LogP contribution in [0.4, 0.5) is 22.0 Å². The van der Waals surface area contributed by atoms with Gasteiger partial charge in [-0.3, -0.25) is 0 Å². The first-order valence-corrected chi connectivity index (χ1v) is 13.2. The van der Waals surface area contributed by atoms with Crippen molar-refractivity contribution in [1.29, 1.82) is 0 Å². The van der Waals surface area contributed by atoms with Gasteiger partial charge >= 0.3 is 0 Å². The molecule has 2 fully saturated rings. The molecule has 4 heterocycles. The largest absolute Gasteiger partial charge is 0.368 e. The van der Waals surface area contributed by atoms with Gasteiger partial charge in [0.05, 0.1) is 5.69 Å². The van der Waals surface area contributed by atoms with Gasteiger partial charge in [0.15, 0.2) is 5.82 Å². The van der Waals surface area contributed by atoms with E-state index in [2.05, 4.69) is 61.1 Å². The molecule has 10 heteroatoms. The highest BCUT2D eigenvalue weighted by atomic mass is 19.1. The maximum absolute atomic E-state index is 15.2. The van der Waals surface area contributed by atoms with Gasteiger partial charge in [-0.1, -0.05) is 30.3 Å². The zero-order valence-electron chi connectivity index (χ0n) is 21.2. The van der Waals surface area contributed by atoms with Gasteiger partial charge in [0.2, 0.25) is 11.9 Å². The lowest BCUT2D eigenvalue weighted by atomic mass is 9.89. The van der Waals surface area contributed by atoms with Crippen LogP contribution in [0.25, 0.3) is 17.1 Å². The number of aryl methyl sites for hydroxylation is 2. The number of aromatic nitrogens is 5. The van der Waals surface area contributed by atoms with Gasteiger partial charge in [-0.15, -0.1) is 15.3 Å². The minimum absolute atomic E-state index is 0.0331. The Hall–Kier alpha value is -3.89. The molecule has 0 radical (unpaired) electrons. The number of rotatable bonds is 4. The van der Waals surface area contributed by atoms with Gasteiger partial charge in [-0.05, 0) is 67.5 Å². The fourth-order valence-corrected chi connectivity index (χ4v) is 6.39. The summed E-state index contributed by atoms with van der Waals surface area (Å²) in [6.45, 7) is 2.98. The molecule has 3 aliphatic rings. The van der Waals surface area contributed by atoms with Gasteiger partial charge in [0.1, 0.15) is 5.82 Å². The van der Waals surface area contributed by atoms with Crippen molar-refractivity contribution in [3.05, 3.63) is 71.0 Å². The Kier molecular flexibility index (Phi) is 5.59. The Labute approximate surface area is 220 Å². The van der Waals surface area contributed by atoms with Crippen molar-refractivity contribution in [2.75, 3.05) is 37.7 Å². The van der Waals surface area contributed by atoms with Crippen LogP contribution in [0, 0.1) is 17.7 Å². The summed E-state index contributed by atoms with van der Waals surface area (Å²) in [6, 6.07) is 15.6. The van der Waals surface area contributed by atoms with Crippen LogP contribution in [0.15, 0.2) is 48.5 Å². The number of fused-ring (bicyclic) bond motifs is 4. The number of nitrogens with zero attached hydrogens (tertiary/aromatic N) is 6. The van der Waals surface area contributed by atoms with E-state index >= 15 is 4.39 Å². The van der Waals surface area contributed by atoms with Crippen LogP contribution < -0.4 is 16.4 Å². The normalized spacial score (nSPS) is 22.5. The summed E-state index contributed by atoms with van der Waals surface area (Å²) < 4.78 is 16.7. The summed E-state index contributed by atoms with van der Waals surface area (Å²) in [7, 11) is 2.13. The molecule has 0 spiro atoms. The Morgan fingerprint density at radius 2 is 1.92 bits per heavy atom. The van der Waals surface area contributed by atoms with E-state index in [0.717, 1.165) is 55.7 Å². The van der Waals surface area contributed by atoms with Crippen LogP contribution in [0.3, 0.4) is 0 Å². The molecular weight excluding hydrogens is 481 g/mol. The van der Waals surface area contributed by atoms with Crippen LogP contribution in [0.2, 0.25) is 0 Å². The number of halogens is 1. The molecule has 7 rings (SSSR count). The molecule has 9 nitrogen and oxygen atoms in total. The maximum atomic E-state index is 15.2. The zero-order chi connectivity index (χ0) is 25.8. The Morgan fingerprint density at radius 3 is 2.82 bits per heavy atom. The summed E-state index contributed by atoms with van der Waals surface area (Å²) in [5, 5.41) is 20.1. The van der Waals surface area contributed by atoms with Gasteiger partial charge < -0.3 is 21.3 Å². The van der Waals surface area contributed by atoms with E-state index in [1.165, 1.54) is 16.3 Å². The van der Waals surface area contributed by atoms with E-state index in [4.69, 9.17) is 5.73 Å². The van der Waals surface area contributed by atoms with E-state index in [1.807, 2.05) is 24.3 Å². The van der Waals surface area contributed by atoms with Crippen LogP contribution in [0.1, 0.15) is 29.2 Å². The topological polar surface area (TPSA) is 110 Å². The summed E-state index contributed by atoms with van der Waals surface area (Å²) >= 11 is 0. The molecule has 3 unspecified atom stereocenters. The summed E-state index contributed by atoms with van der Waals surface area (Å²) in [4.78, 5) is 6.67. The molecule has 194 valence electrons. The predicted molar refractivity (Wildman–Crippen MR) is 144 cm³/mol. The van der Waals surface area contributed by atoms with Crippen molar-refractivity contribution in [3.63, 3.8) is 0 Å². The number of benzene rings is 2. The predicted octanol–water partition coefficient (Wildman–Crippen LogP) is 3.50. The molecule has 1 aliphatic carbocycles. The number of nitrogens with one attached hydrogen (secondary N) is 2. The highest BCUT2D eigenvalue weighted by Crippen LogP contribution is 2.40. The number of likely N-dealkylation sites (tertiary alicyclic amines) is 1. The van der Waals surface area contributed by atoms with Gasteiger partial charge in [-0.2, -0.15) is 9.67 Å². The standard InChI is InChI=1S/C28H30FN9/c1-37-14-18-13-31-26(22(18)15-37)21-10-9-19(12-23(21)29)32-28-33-27(30)38(36-28)24-11-17-7-4-6-16-5-2-3-8-20(16)25(17)35-34-24/h2-3,5,8-12,18,22,26,31H,4,6-7,13-15H2,1H3,(H3,30,32,33,36). The van der Waals surface area contributed by atoms with Crippen molar-refractivity contribution in [1.82, 2.24) is 35.2 Å². The van der Waals surface area contributed by atoms with Gasteiger partial charge in [0, 0.05) is 42.5 Å². The Morgan fingerprint density at radius 1 is 1.05 bits per heavy atom. The van der Waals surface area contributed by atoms with Crippen LogP contribution in [-0.4, -0.2) is 56.5 Å². The quantitative estimate of drug-likeness (QED) is 0.382. The molecule has 38 heavy (non-hydrogen) atoms. The molecule has 2 saturated heterocycles. The fourth-order valence-electron chi connectivity index (χ4n) is 6.39.